The zero-order valence-corrected chi connectivity index (χ0v) is 10.5. The monoisotopic (exact) mass is 276 g/mol. The number of hydrogen-bond donors (Lipinski definition) is 3. The number of aliphatic hydroxyl groups is 1. The molecule has 0 aromatic rings. The van der Waals surface area contributed by atoms with Gasteiger partial charge in [-0.15, -0.1) is 0 Å². The van der Waals surface area contributed by atoms with Crippen LogP contribution in [-0.4, -0.2) is 41.0 Å². The molecule has 0 aromatic heterocycles. The molecule has 1 unspecified atom stereocenters. The van der Waals surface area contributed by atoms with E-state index in [1.165, 1.54) is 0 Å². The minimum Gasteiger partial charge on any atom is -0.383 e. The highest BCUT2D eigenvalue weighted by Crippen LogP contribution is 2.44. The second kappa shape index (κ2) is 5.03. The van der Waals surface area contributed by atoms with Crippen molar-refractivity contribution in [2.75, 3.05) is 6.54 Å². The molecule has 0 aromatic carbocycles. The van der Waals surface area contributed by atoms with Crippen molar-refractivity contribution >= 4 is 11.8 Å². The van der Waals surface area contributed by atoms with Gasteiger partial charge in [0.2, 0.25) is 5.91 Å². The largest absolute Gasteiger partial charge is 0.383 e. The number of hydrogen-bond acceptors (Lipinski definition) is 3. The van der Waals surface area contributed by atoms with Crippen LogP contribution in [0.1, 0.15) is 38.5 Å². The van der Waals surface area contributed by atoms with Gasteiger partial charge in [-0.2, -0.15) is 8.78 Å². The Balaban J connectivity index is 2.01. The Morgan fingerprint density at radius 3 is 2.63 bits per heavy atom. The fourth-order valence-corrected chi connectivity index (χ4v) is 2.36. The lowest BCUT2D eigenvalue weighted by atomic mass is 9.75. The summed E-state index contributed by atoms with van der Waals surface area (Å²) in [7, 11) is 0. The molecule has 2 fully saturated rings. The Labute approximate surface area is 109 Å². The lowest BCUT2D eigenvalue weighted by molar-refractivity contribution is -0.216. The lowest BCUT2D eigenvalue weighted by Crippen LogP contribution is -2.62. The maximum absolute atomic E-state index is 13.8. The molecule has 1 aliphatic carbocycles. The van der Waals surface area contributed by atoms with Gasteiger partial charge >= 0.3 is 5.92 Å². The van der Waals surface area contributed by atoms with Crippen molar-refractivity contribution in [2.45, 2.75) is 56.1 Å². The van der Waals surface area contributed by atoms with Crippen LogP contribution < -0.4 is 10.6 Å². The van der Waals surface area contributed by atoms with Gasteiger partial charge in [-0.05, 0) is 38.5 Å². The van der Waals surface area contributed by atoms with Crippen molar-refractivity contribution in [1.82, 2.24) is 10.6 Å². The average molecular weight is 276 g/mol. The van der Waals surface area contributed by atoms with Crippen LogP contribution in [0.5, 0.6) is 0 Å². The lowest BCUT2D eigenvalue weighted by Gasteiger charge is -2.41. The number of rotatable bonds is 3. The van der Waals surface area contributed by atoms with E-state index in [0.29, 0.717) is 25.8 Å². The summed E-state index contributed by atoms with van der Waals surface area (Å²) in [6.45, 7) is 0.492. The Kier molecular flexibility index (Phi) is 3.75. The fourth-order valence-electron chi connectivity index (χ4n) is 2.36. The highest BCUT2D eigenvalue weighted by Gasteiger charge is 2.61. The molecular weight excluding hydrogens is 258 g/mol. The minimum atomic E-state index is -3.85. The van der Waals surface area contributed by atoms with E-state index in [0.717, 1.165) is 6.42 Å². The van der Waals surface area contributed by atoms with Crippen molar-refractivity contribution in [2.24, 2.45) is 0 Å². The van der Waals surface area contributed by atoms with Crippen molar-refractivity contribution in [1.29, 1.82) is 0 Å². The van der Waals surface area contributed by atoms with Crippen LogP contribution in [0.2, 0.25) is 0 Å². The second-order valence-corrected chi connectivity index (χ2v) is 5.27. The zero-order chi connectivity index (χ0) is 14.1. The van der Waals surface area contributed by atoms with E-state index in [2.05, 4.69) is 10.6 Å². The standard InChI is InChI=1S/C12H18F2N2O3/c13-12(14,11(19)5-3-6-11)10(18)16-8-4-1-2-7-15-9(8)17/h8,19H,1-7H2,(H,15,17)(H,16,18). The number of amides is 2. The minimum absolute atomic E-state index is 0.0930. The Bertz CT molecular complexity index is 383. The van der Waals surface area contributed by atoms with Gasteiger partial charge in [0.1, 0.15) is 11.6 Å². The summed E-state index contributed by atoms with van der Waals surface area (Å²) < 4.78 is 27.7. The van der Waals surface area contributed by atoms with Crippen molar-refractivity contribution in [3.63, 3.8) is 0 Å². The molecule has 1 saturated heterocycles. The van der Waals surface area contributed by atoms with Crippen molar-refractivity contribution < 1.29 is 23.5 Å². The molecule has 1 aliphatic heterocycles. The van der Waals surface area contributed by atoms with E-state index in [9.17, 15) is 23.5 Å². The van der Waals surface area contributed by atoms with Gasteiger partial charge in [0.05, 0.1) is 0 Å². The number of carbonyl (C=O) groups excluding carboxylic acids is 2. The van der Waals surface area contributed by atoms with E-state index in [1.807, 2.05) is 0 Å². The molecule has 2 amide bonds. The molecule has 7 heteroatoms. The quantitative estimate of drug-likeness (QED) is 0.694. The summed E-state index contributed by atoms with van der Waals surface area (Å²) in [6.07, 6.45) is 2.07. The molecule has 1 heterocycles. The molecule has 1 saturated carbocycles. The summed E-state index contributed by atoms with van der Waals surface area (Å²) >= 11 is 0. The van der Waals surface area contributed by atoms with E-state index >= 15 is 0 Å². The number of nitrogens with one attached hydrogen (secondary N) is 2. The molecule has 0 spiro atoms. The molecule has 1 atom stereocenters. The smallest absolute Gasteiger partial charge is 0.352 e. The third kappa shape index (κ3) is 2.56. The van der Waals surface area contributed by atoms with E-state index < -0.39 is 29.4 Å². The van der Waals surface area contributed by atoms with Crippen molar-refractivity contribution in [3.8, 4) is 0 Å². The van der Waals surface area contributed by atoms with Gasteiger partial charge in [-0.25, -0.2) is 0 Å². The van der Waals surface area contributed by atoms with Gasteiger partial charge < -0.3 is 15.7 Å². The first-order chi connectivity index (χ1) is 8.87. The van der Waals surface area contributed by atoms with Gasteiger partial charge in [0.15, 0.2) is 0 Å². The first-order valence-electron chi connectivity index (χ1n) is 6.56. The van der Waals surface area contributed by atoms with Crippen LogP contribution in [0.15, 0.2) is 0 Å². The molecule has 2 rings (SSSR count). The predicted octanol–water partition coefficient (Wildman–Crippen LogP) is 0.322. The first-order valence-corrected chi connectivity index (χ1v) is 6.56. The molecule has 19 heavy (non-hydrogen) atoms. The maximum Gasteiger partial charge on any atom is 0.352 e. The highest BCUT2D eigenvalue weighted by molar-refractivity contribution is 5.91. The molecule has 3 N–H and O–H groups in total. The van der Waals surface area contributed by atoms with Gasteiger partial charge in [-0.3, -0.25) is 9.59 Å². The van der Waals surface area contributed by atoms with Crippen LogP contribution in [0.3, 0.4) is 0 Å². The molecule has 2 aliphatic rings. The Morgan fingerprint density at radius 2 is 2.05 bits per heavy atom. The summed E-state index contributed by atoms with van der Waals surface area (Å²) in [6, 6.07) is -0.940. The van der Waals surface area contributed by atoms with E-state index in [1.54, 1.807) is 0 Å². The number of carbonyl (C=O) groups is 2. The van der Waals surface area contributed by atoms with Crippen LogP contribution >= 0.6 is 0 Å². The summed E-state index contributed by atoms with van der Waals surface area (Å²) in [5.74, 6) is -5.85. The zero-order valence-electron chi connectivity index (χ0n) is 10.5. The number of alkyl halides is 2. The van der Waals surface area contributed by atoms with Crippen LogP contribution in [0, 0.1) is 0 Å². The van der Waals surface area contributed by atoms with Gasteiger partial charge in [-0.1, -0.05) is 0 Å². The molecule has 108 valence electrons. The van der Waals surface area contributed by atoms with Gasteiger partial charge in [0.25, 0.3) is 5.91 Å². The van der Waals surface area contributed by atoms with Crippen LogP contribution in [-0.2, 0) is 9.59 Å². The van der Waals surface area contributed by atoms with Crippen LogP contribution in [0.25, 0.3) is 0 Å². The maximum atomic E-state index is 13.8. The van der Waals surface area contributed by atoms with Crippen LogP contribution in [0.4, 0.5) is 8.78 Å². The molecular formula is C12H18F2N2O3. The number of halogens is 2. The summed E-state index contributed by atoms with van der Waals surface area (Å²) in [5.41, 5.74) is -2.25. The van der Waals surface area contributed by atoms with Crippen molar-refractivity contribution in [3.05, 3.63) is 0 Å². The normalized spacial score (nSPS) is 26.9. The third-order valence-electron chi connectivity index (χ3n) is 3.89. The third-order valence-corrected chi connectivity index (χ3v) is 3.89. The van der Waals surface area contributed by atoms with E-state index in [-0.39, 0.29) is 12.8 Å². The topological polar surface area (TPSA) is 78.4 Å². The molecule has 0 radical (unpaired) electrons. The van der Waals surface area contributed by atoms with Gasteiger partial charge in [0, 0.05) is 6.54 Å². The average Bonchev–Trinajstić information content (AvgIpc) is 2.51. The van der Waals surface area contributed by atoms with E-state index in [4.69, 9.17) is 0 Å². The summed E-state index contributed by atoms with van der Waals surface area (Å²) in [5, 5.41) is 14.3. The predicted molar refractivity (Wildman–Crippen MR) is 62.5 cm³/mol. The highest BCUT2D eigenvalue weighted by atomic mass is 19.3. The Morgan fingerprint density at radius 1 is 1.37 bits per heavy atom. The fraction of sp³-hybridized carbons (Fsp3) is 0.833. The summed E-state index contributed by atoms with van der Waals surface area (Å²) in [4.78, 5) is 23.2. The SMILES string of the molecule is O=C1NCCCCC1NC(=O)C(F)(F)C1(O)CCC1. The first kappa shape index (κ1) is 14.2. The molecule has 0 bridgehead atoms. The molecule has 5 nitrogen and oxygen atoms in total. The second-order valence-electron chi connectivity index (χ2n) is 5.27. The Hall–Kier alpha value is -1.24.